The molecule has 0 radical (unpaired) electrons. The highest BCUT2D eigenvalue weighted by molar-refractivity contribution is 4.93. The van der Waals surface area contributed by atoms with Crippen LogP contribution in [0.3, 0.4) is 0 Å². The van der Waals surface area contributed by atoms with Crippen LogP contribution < -0.4 is 0 Å². The molecule has 2 rings (SSSR count). The topological polar surface area (TPSA) is 3.24 Å². The maximum Gasteiger partial charge on any atom is 0.0101 e. The molecule has 2 fully saturated rings. The Morgan fingerprint density at radius 1 is 1.00 bits per heavy atom. The molecule has 2 aliphatic rings. The van der Waals surface area contributed by atoms with Crippen LogP contribution in [0.25, 0.3) is 0 Å². The van der Waals surface area contributed by atoms with E-state index in [1.54, 1.807) is 0 Å². The molecule has 0 N–H and O–H groups in total. The fourth-order valence-electron chi connectivity index (χ4n) is 2.60. The monoisotopic (exact) mass is 197 g/mol. The predicted octanol–water partition coefficient (Wildman–Crippen LogP) is 3.54. The molecule has 1 aliphatic heterocycles. The first-order chi connectivity index (χ1) is 6.50. The summed E-state index contributed by atoms with van der Waals surface area (Å²) in [6.07, 6.45) is 4.48. The molecule has 0 spiro atoms. The highest BCUT2D eigenvalue weighted by Gasteiger charge is 2.38. The molecule has 84 valence electrons. The molecule has 1 nitrogen and oxygen atoms in total. The molecule has 2 bridgehead atoms. The van der Waals surface area contributed by atoms with Gasteiger partial charge in [0.15, 0.2) is 0 Å². The minimum absolute atomic E-state index is 0.787. The second-order valence-electron chi connectivity index (χ2n) is 5.86. The highest BCUT2D eigenvalue weighted by Crippen LogP contribution is 2.38. The van der Waals surface area contributed by atoms with E-state index in [0.717, 1.165) is 23.9 Å². The van der Waals surface area contributed by atoms with Gasteiger partial charge in [-0.05, 0) is 44.9 Å². The van der Waals surface area contributed by atoms with Crippen molar-refractivity contribution in [3.05, 3.63) is 0 Å². The van der Waals surface area contributed by atoms with Gasteiger partial charge in [0, 0.05) is 18.6 Å². The van der Waals surface area contributed by atoms with Gasteiger partial charge < -0.3 is 0 Å². The Hall–Kier alpha value is -0.0400. The average Bonchev–Trinajstić information content (AvgIpc) is 2.61. The lowest BCUT2D eigenvalue weighted by Crippen LogP contribution is -2.37. The maximum atomic E-state index is 2.67. The zero-order valence-electron chi connectivity index (χ0n) is 10.6. The molecule has 2 unspecified atom stereocenters. The van der Waals surface area contributed by atoms with Crippen LogP contribution in [0, 0.1) is 11.8 Å². The first-order valence-corrected chi connectivity index (χ1v) is 6.26. The third-order valence-electron chi connectivity index (χ3n) is 3.11. The van der Waals surface area contributed by atoms with Gasteiger partial charge in [-0.2, -0.15) is 0 Å². The van der Waals surface area contributed by atoms with Crippen LogP contribution >= 0.6 is 0 Å². The van der Waals surface area contributed by atoms with Crippen molar-refractivity contribution >= 4 is 0 Å². The van der Waals surface area contributed by atoms with E-state index in [9.17, 15) is 0 Å². The SMILES string of the molecule is CC(C)C.CC(C)N1CC2CCC1C2. The fourth-order valence-corrected chi connectivity index (χ4v) is 2.60. The van der Waals surface area contributed by atoms with Crippen LogP contribution in [0.4, 0.5) is 0 Å². The van der Waals surface area contributed by atoms with Crippen molar-refractivity contribution in [3.8, 4) is 0 Å². The van der Waals surface area contributed by atoms with Crippen molar-refractivity contribution < 1.29 is 0 Å². The number of piperidine rings is 1. The third-order valence-corrected chi connectivity index (χ3v) is 3.11. The van der Waals surface area contributed by atoms with Crippen molar-refractivity contribution in [3.63, 3.8) is 0 Å². The molecule has 1 heterocycles. The minimum atomic E-state index is 0.787. The van der Waals surface area contributed by atoms with Crippen molar-refractivity contribution in [1.82, 2.24) is 4.90 Å². The Kier molecular flexibility index (Phi) is 4.43. The summed E-state index contributed by atoms with van der Waals surface area (Å²) in [5.41, 5.74) is 0. The van der Waals surface area contributed by atoms with Gasteiger partial charge in [-0.25, -0.2) is 0 Å². The number of fused-ring (bicyclic) bond motifs is 2. The van der Waals surface area contributed by atoms with Gasteiger partial charge in [0.05, 0.1) is 0 Å². The Bertz CT molecular complexity index is 160. The van der Waals surface area contributed by atoms with E-state index in [-0.39, 0.29) is 0 Å². The quantitative estimate of drug-likeness (QED) is 0.621. The lowest BCUT2D eigenvalue weighted by atomic mass is 10.1. The molecule has 2 atom stereocenters. The number of rotatable bonds is 1. The zero-order chi connectivity index (χ0) is 10.7. The standard InChI is InChI=1S/C9H17N.C4H10/c1-7(2)10-6-8-3-4-9(10)5-8;1-4(2)3/h7-9H,3-6H2,1-2H3;4H,1-3H3. The van der Waals surface area contributed by atoms with Crippen molar-refractivity contribution in [1.29, 1.82) is 0 Å². The van der Waals surface area contributed by atoms with Gasteiger partial charge >= 0.3 is 0 Å². The molecule has 14 heavy (non-hydrogen) atoms. The normalized spacial score (nSPS) is 31.1. The van der Waals surface area contributed by atoms with Crippen LogP contribution in [0.1, 0.15) is 53.9 Å². The van der Waals surface area contributed by atoms with Crippen LogP contribution in [0.2, 0.25) is 0 Å². The summed E-state index contributed by atoms with van der Waals surface area (Å²) < 4.78 is 0. The molecule has 1 saturated carbocycles. The molecular weight excluding hydrogens is 170 g/mol. The Labute approximate surface area is 89.9 Å². The molecule has 0 aromatic heterocycles. The van der Waals surface area contributed by atoms with Gasteiger partial charge in [0.2, 0.25) is 0 Å². The van der Waals surface area contributed by atoms with Crippen LogP contribution in [-0.2, 0) is 0 Å². The lowest BCUT2D eigenvalue weighted by molar-refractivity contribution is 0.170. The summed E-state index contributed by atoms with van der Waals surface area (Å²) in [7, 11) is 0. The summed E-state index contributed by atoms with van der Waals surface area (Å²) in [6, 6.07) is 1.75. The van der Waals surface area contributed by atoms with E-state index in [4.69, 9.17) is 0 Å². The molecule has 0 amide bonds. The van der Waals surface area contributed by atoms with Gasteiger partial charge in [0.1, 0.15) is 0 Å². The number of hydrogen-bond donors (Lipinski definition) is 0. The van der Waals surface area contributed by atoms with E-state index in [0.29, 0.717) is 0 Å². The van der Waals surface area contributed by atoms with Crippen molar-refractivity contribution in [2.75, 3.05) is 6.54 Å². The van der Waals surface area contributed by atoms with E-state index in [2.05, 4.69) is 39.5 Å². The zero-order valence-corrected chi connectivity index (χ0v) is 10.6. The van der Waals surface area contributed by atoms with Crippen LogP contribution in [0.5, 0.6) is 0 Å². The molecular formula is C13H27N. The lowest BCUT2D eigenvalue weighted by Gasteiger charge is -2.30. The Balaban J connectivity index is 0.000000213. The second-order valence-corrected chi connectivity index (χ2v) is 5.86. The van der Waals surface area contributed by atoms with E-state index in [1.165, 1.54) is 25.8 Å². The third kappa shape index (κ3) is 3.27. The summed E-state index contributed by atoms with van der Waals surface area (Å²) in [5.74, 6) is 1.90. The summed E-state index contributed by atoms with van der Waals surface area (Å²) >= 11 is 0. The molecule has 0 aromatic carbocycles. The van der Waals surface area contributed by atoms with Crippen molar-refractivity contribution in [2.45, 2.75) is 66.0 Å². The molecule has 1 saturated heterocycles. The molecule has 1 aliphatic carbocycles. The summed E-state index contributed by atoms with van der Waals surface area (Å²) in [6.45, 7) is 12.5. The largest absolute Gasteiger partial charge is 0.298 e. The van der Waals surface area contributed by atoms with E-state index >= 15 is 0 Å². The van der Waals surface area contributed by atoms with Crippen LogP contribution in [0.15, 0.2) is 0 Å². The van der Waals surface area contributed by atoms with Gasteiger partial charge in [-0.15, -0.1) is 0 Å². The number of likely N-dealkylation sites (tertiary alicyclic amines) is 1. The van der Waals surface area contributed by atoms with Gasteiger partial charge in [-0.1, -0.05) is 20.8 Å². The van der Waals surface area contributed by atoms with Gasteiger partial charge in [0.25, 0.3) is 0 Å². The maximum absolute atomic E-state index is 2.67. The van der Waals surface area contributed by atoms with Crippen molar-refractivity contribution in [2.24, 2.45) is 11.8 Å². The second kappa shape index (κ2) is 5.16. The Morgan fingerprint density at radius 3 is 1.79 bits per heavy atom. The number of hydrogen-bond acceptors (Lipinski definition) is 1. The van der Waals surface area contributed by atoms with Gasteiger partial charge in [-0.3, -0.25) is 4.90 Å². The summed E-state index contributed by atoms with van der Waals surface area (Å²) in [5, 5.41) is 0. The first-order valence-electron chi connectivity index (χ1n) is 6.26. The number of nitrogens with zero attached hydrogens (tertiary/aromatic N) is 1. The van der Waals surface area contributed by atoms with Crippen LogP contribution in [-0.4, -0.2) is 23.5 Å². The average molecular weight is 197 g/mol. The molecule has 0 aromatic rings. The highest BCUT2D eigenvalue weighted by atomic mass is 15.2. The Morgan fingerprint density at radius 2 is 1.57 bits per heavy atom. The van der Waals surface area contributed by atoms with E-state index in [1.807, 2.05) is 0 Å². The first kappa shape index (κ1) is 12.0. The summed E-state index contributed by atoms with van der Waals surface area (Å²) in [4.78, 5) is 2.67. The fraction of sp³-hybridized carbons (Fsp3) is 1.00. The molecule has 1 heteroatoms. The van der Waals surface area contributed by atoms with E-state index < -0.39 is 0 Å². The predicted molar refractivity (Wildman–Crippen MR) is 63.5 cm³/mol. The minimum Gasteiger partial charge on any atom is -0.298 e. The smallest absolute Gasteiger partial charge is 0.0101 e.